The number of rotatable bonds is 5. The van der Waals surface area contributed by atoms with E-state index in [4.69, 9.17) is 19.4 Å². The van der Waals surface area contributed by atoms with Crippen molar-refractivity contribution in [1.29, 1.82) is 0 Å². The predicted octanol–water partition coefficient (Wildman–Crippen LogP) is 8.33. The predicted molar refractivity (Wildman–Crippen MR) is 177 cm³/mol. The van der Waals surface area contributed by atoms with E-state index in [0.717, 1.165) is 69.4 Å². The number of H-pyrrole nitrogens is 2. The van der Waals surface area contributed by atoms with Crippen LogP contribution < -0.4 is 0 Å². The molecule has 0 spiro atoms. The van der Waals surface area contributed by atoms with Crippen LogP contribution in [0.1, 0.15) is 101 Å². The fraction of sp³-hybridized carbons (Fsp3) is 0.471. The smallest absolute Gasteiger partial charge is 0.410 e. The van der Waals surface area contributed by atoms with E-state index in [9.17, 15) is 9.59 Å². The number of ether oxygens (including phenoxy) is 2. The normalized spacial score (nSPS) is 19.2. The molecular weight excluding hydrogens is 588 g/mol. The van der Waals surface area contributed by atoms with Gasteiger partial charge in [-0.15, -0.1) is 11.3 Å². The number of hydrogen-bond donors (Lipinski definition) is 2. The molecule has 45 heavy (non-hydrogen) atoms. The zero-order chi connectivity index (χ0) is 31.9. The zero-order valence-electron chi connectivity index (χ0n) is 26.8. The summed E-state index contributed by atoms with van der Waals surface area (Å²) in [5, 5.41) is 0. The van der Waals surface area contributed by atoms with E-state index in [0.29, 0.717) is 13.1 Å². The summed E-state index contributed by atoms with van der Waals surface area (Å²) in [6.07, 6.45) is 9.07. The van der Waals surface area contributed by atoms with Crippen LogP contribution in [-0.2, 0) is 9.47 Å². The van der Waals surface area contributed by atoms with Crippen LogP contribution in [0.15, 0.2) is 36.5 Å². The maximum atomic E-state index is 12.8. The Hall–Kier alpha value is -4.12. The minimum atomic E-state index is -0.537. The Balaban J connectivity index is 1.13. The van der Waals surface area contributed by atoms with Crippen molar-refractivity contribution in [2.24, 2.45) is 0 Å². The van der Waals surface area contributed by atoms with Gasteiger partial charge in [0, 0.05) is 24.2 Å². The molecule has 2 N–H and O–H groups in total. The third-order valence-electron chi connectivity index (χ3n) is 7.83. The third kappa shape index (κ3) is 7.08. The fourth-order valence-electron chi connectivity index (χ4n) is 5.88. The molecule has 2 atom stereocenters. The summed E-state index contributed by atoms with van der Waals surface area (Å²) in [6, 6.07) is 10.1. The van der Waals surface area contributed by atoms with Crippen molar-refractivity contribution in [2.45, 2.75) is 90.5 Å². The van der Waals surface area contributed by atoms with Crippen molar-refractivity contribution in [1.82, 2.24) is 29.7 Å². The zero-order valence-corrected chi connectivity index (χ0v) is 27.7. The van der Waals surface area contributed by atoms with Crippen LogP contribution in [-0.4, -0.2) is 66.2 Å². The molecule has 0 aliphatic carbocycles. The molecule has 238 valence electrons. The second-order valence-corrected chi connectivity index (χ2v) is 14.9. The highest BCUT2D eigenvalue weighted by Crippen LogP contribution is 2.35. The van der Waals surface area contributed by atoms with Crippen molar-refractivity contribution < 1.29 is 19.1 Å². The van der Waals surface area contributed by atoms with Gasteiger partial charge in [0.05, 0.1) is 33.7 Å². The number of likely N-dealkylation sites (tertiary alicyclic amines) is 2. The highest BCUT2D eigenvalue weighted by molar-refractivity contribution is 7.16. The number of imidazole rings is 2. The number of thiophene rings is 1. The summed E-state index contributed by atoms with van der Waals surface area (Å²) in [7, 11) is 0. The maximum absolute atomic E-state index is 12.8. The van der Waals surface area contributed by atoms with Gasteiger partial charge in [-0.3, -0.25) is 9.80 Å². The topological polar surface area (TPSA) is 116 Å². The lowest BCUT2D eigenvalue weighted by Gasteiger charge is -2.27. The molecule has 1 unspecified atom stereocenters. The number of carbonyl (C=O) groups is 2. The molecule has 2 fully saturated rings. The van der Waals surface area contributed by atoms with Crippen molar-refractivity contribution in [3.05, 3.63) is 58.6 Å². The number of nitrogens with zero attached hydrogens (tertiary/aromatic N) is 4. The van der Waals surface area contributed by atoms with Crippen molar-refractivity contribution >= 4 is 46.7 Å². The molecule has 2 amide bonds. The minimum absolute atomic E-state index is 0.111. The molecule has 4 aromatic rings. The van der Waals surface area contributed by atoms with Crippen molar-refractivity contribution in [3.63, 3.8) is 0 Å². The van der Waals surface area contributed by atoms with Crippen LogP contribution in [0.3, 0.4) is 0 Å². The van der Waals surface area contributed by atoms with E-state index < -0.39 is 11.2 Å². The maximum Gasteiger partial charge on any atom is 0.410 e. The first-order valence-electron chi connectivity index (χ1n) is 15.7. The largest absolute Gasteiger partial charge is 0.444 e. The molecule has 3 aromatic heterocycles. The molecule has 0 saturated carbocycles. The van der Waals surface area contributed by atoms with E-state index in [1.165, 1.54) is 0 Å². The third-order valence-corrected chi connectivity index (χ3v) is 8.91. The lowest BCUT2D eigenvalue weighted by atomic mass is 10.2. The molecule has 10 nitrogen and oxygen atoms in total. The molecule has 6 rings (SSSR count). The highest BCUT2D eigenvalue weighted by atomic mass is 32.1. The second kappa shape index (κ2) is 12.0. The van der Waals surface area contributed by atoms with Gasteiger partial charge >= 0.3 is 12.2 Å². The number of nitrogens with one attached hydrogen (secondary N) is 2. The Morgan fingerprint density at radius 3 is 2.16 bits per heavy atom. The average Bonchev–Trinajstić information content (AvgIpc) is 3.78. The standard InChI is InChI=1S/C34H42N6O4S/c1-33(2,3)43-31(41)39-17-7-9-26(39)29-35-20-25(38-29)28-16-14-22(45-28)13-11-21-12-15-23-24(19-21)37-30(36-23)27-10-8-18-40(27)32(42)44-34(4,5)6/h11-16,19-20,26-27H,7-10,17-18H2,1-6H3,(H,35,38)(H,36,37)/b13-11+/t26?,27-/m0/s1. The van der Waals surface area contributed by atoms with Crippen LogP contribution in [0.5, 0.6) is 0 Å². The van der Waals surface area contributed by atoms with E-state index in [1.54, 1.807) is 21.1 Å². The van der Waals surface area contributed by atoms with Gasteiger partial charge in [-0.25, -0.2) is 19.6 Å². The van der Waals surface area contributed by atoms with Gasteiger partial charge in [-0.2, -0.15) is 0 Å². The Morgan fingerprint density at radius 2 is 1.51 bits per heavy atom. The summed E-state index contributed by atoms with van der Waals surface area (Å²) >= 11 is 1.66. The summed E-state index contributed by atoms with van der Waals surface area (Å²) < 4.78 is 11.3. The van der Waals surface area contributed by atoms with Crippen LogP contribution in [0.2, 0.25) is 0 Å². The Kier molecular flexibility index (Phi) is 8.24. The molecule has 2 saturated heterocycles. The van der Waals surface area contributed by atoms with Gasteiger partial charge in [0.2, 0.25) is 0 Å². The van der Waals surface area contributed by atoms with Crippen LogP contribution >= 0.6 is 11.3 Å². The van der Waals surface area contributed by atoms with Gasteiger partial charge in [-0.05, 0) is 103 Å². The number of benzene rings is 1. The average molecular weight is 631 g/mol. The quantitative estimate of drug-likeness (QED) is 0.229. The van der Waals surface area contributed by atoms with Gasteiger partial charge in [0.25, 0.3) is 0 Å². The lowest BCUT2D eigenvalue weighted by molar-refractivity contribution is 0.0208. The SMILES string of the molecule is CC(C)(C)OC(=O)N1CCCC1c1nc(-c2ccc(/C=C/c3ccc4nc([C@@H]5CCCN5C(=O)OC(C)(C)C)[nH]c4c3)s2)c[nH]1. The van der Waals surface area contributed by atoms with Crippen LogP contribution in [0, 0.1) is 0 Å². The molecule has 2 aliphatic rings. The molecule has 0 radical (unpaired) electrons. The first-order chi connectivity index (χ1) is 21.3. The van der Waals surface area contributed by atoms with Crippen molar-refractivity contribution in [3.8, 4) is 10.6 Å². The molecule has 1 aromatic carbocycles. The fourth-order valence-corrected chi connectivity index (χ4v) is 6.75. The first-order valence-corrected chi connectivity index (χ1v) is 16.5. The van der Waals surface area contributed by atoms with E-state index >= 15 is 0 Å². The Bertz CT molecular complexity index is 1720. The number of aromatic amines is 2. The van der Waals surface area contributed by atoms with Gasteiger partial charge < -0.3 is 19.4 Å². The first kappa shape index (κ1) is 30.9. The molecule has 5 heterocycles. The van der Waals surface area contributed by atoms with E-state index in [1.807, 2.05) is 53.8 Å². The summed E-state index contributed by atoms with van der Waals surface area (Å²) in [5.41, 5.74) is 2.65. The number of aromatic nitrogens is 4. The highest BCUT2D eigenvalue weighted by Gasteiger charge is 2.36. The number of fused-ring (bicyclic) bond motifs is 1. The van der Waals surface area contributed by atoms with Gasteiger partial charge in [0.1, 0.15) is 22.9 Å². The van der Waals surface area contributed by atoms with Gasteiger partial charge in [0.15, 0.2) is 0 Å². The van der Waals surface area contributed by atoms with Crippen LogP contribution in [0.25, 0.3) is 33.8 Å². The Morgan fingerprint density at radius 1 is 0.867 bits per heavy atom. The lowest BCUT2D eigenvalue weighted by Crippen LogP contribution is -2.36. The number of hydrogen-bond acceptors (Lipinski definition) is 7. The van der Waals surface area contributed by atoms with E-state index in [-0.39, 0.29) is 24.3 Å². The summed E-state index contributed by atoms with van der Waals surface area (Å²) in [4.78, 5) is 47.7. The molecular formula is C34H42N6O4S. The second-order valence-electron chi connectivity index (χ2n) is 13.8. The summed E-state index contributed by atoms with van der Waals surface area (Å²) in [6.45, 7) is 12.6. The molecule has 11 heteroatoms. The number of carbonyl (C=O) groups excluding carboxylic acids is 2. The monoisotopic (exact) mass is 630 g/mol. The van der Waals surface area contributed by atoms with Crippen LogP contribution in [0.4, 0.5) is 9.59 Å². The Labute approximate surface area is 267 Å². The van der Waals surface area contributed by atoms with Crippen molar-refractivity contribution in [2.75, 3.05) is 13.1 Å². The van der Waals surface area contributed by atoms with Gasteiger partial charge in [-0.1, -0.05) is 12.1 Å². The molecule has 0 bridgehead atoms. The minimum Gasteiger partial charge on any atom is -0.444 e. The van der Waals surface area contributed by atoms with E-state index in [2.05, 4.69) is 46.4 Å². The number of amides is 2. The molecule has 2 aliphatic heterocycles. The summed E-state index contributed by atoms with van der Waals surface area (Å²) in [5.74, 6) is 1.58.